The molecular formula is C7H12F6Si. The van der Waals surface area contributed by atoms with Crippen LogP contribution in [0.4, 0.5) is 26.3 Å². The van der Waals surface area contributed by atoms with Crippen LogP contribution >= 0.6 is 0 Å². The van der Waals surface area contributed by atoms with Crippen LogP contribution in [0.15, 0.2) is 0 Å². The van der Waals surface area contributed by atoms with Gasteiger partial charge in [-0.1, -0.05) is 18.6 Å². The summed E-state index contributed by atoms with van der Waals surface area (Å²) in [5.41, 5.74) is 0. The molecule has 0 radical (unpaired) electrons. The minimum Gasteiger partial charge on any atom is -0.171 e. The topological polar surface area (TPSA) is 0 Å². The number of alkyl halides is 6. The van der Waals surface area contributed by atoms with E-state index in [1.165, 1.54) is 6.55 Å². The third-order valence-corrected chi connectivity index (χ3v) is 4.39. The normalized spacial score (nSPS) is 13.7. The van der Waals surface area contributed by atoms with E-state index in [9.17, 15) is 26.3 Å². The second-order valence-corrected chi connectivity index (χ2v) is 6.78. The number of hydrogen-bond acceptors (Lipinski definition) is 0. The molecule has 0 bridgehead atoms. The van der Waals surface area contributed by atoms with E-state index >= 15 is 0 Å². The Labute approximate surface area is 79.9 Å². The molecule has 0 nitrogen and oxygen atoms in total. The van der Waals surface area contributed by atoms with E-state index in [1.807, 2.05) is 0 Å². The van der Waals surface area contributed by atoms with Gasteiger partial charge in [0.25, 0.3) is 0 Å². The molecule has 0 fully saturated rings. The monoisotopic (exact) mass is 238 g/mol. The lowest BCUT2D eigenvalue weighted by Gasteiger charge is -2.12. The fourth-order valence-electron chi connectivity index (χ4n) is 0.964. The van der Waals surface area contributed by atoms with Crippen LogP contribution in [0.25, 0.3) is 0 Å². The van der Waals surface area contributed by atoms with Crippen LogP contribution in [0.3, 0.4) is 0 Å². The lowest BCUT2D eigenvalue weighted by atomic mass is 10.5. The number of hydrogen-bond donors (Lipinski definition) is 0. The zero-order valence-electron chi connectivity index (χ0n) is 7.67. The SMILES string of the molecule is C[SiH](CCC(F)(F)F)CCC(F)(F)F. The van der Waals surface area contributed by atoms with Gasteiger partial charge < -0.3 is 0 Å². The second kappa shape index (κ2) is 5.04. The molecule has 0 aliphatic carbocycles. The Bertz CT molecular complexity index is 143. The van der Waals surface area contributed by atoms with Crippen molar-refractivity contribution in [2.75, 3.05) is 0 Å². The van der Waals surface area contributed by atoms with E-state index in [1.54, 1.807) is 0 Å². The Morgan fingerprint density at radius 1 is 0.786 bits per heavy atom. The molecule has 0 aliphatic heterocycles. The van der Waals surface area contributed by atoms with E-state index in [4.69, 9.17) is 0 Å². The molecular weight excluding hydrogens is 226 g/mol. The molecule has 0 spiro atoms. The quantitative estimate of drug-likeness (QED) is 0.517. The van der Waals surface area contributed by atoms with E-state index in [0.29, 0.717) is 0 Å². The minimum atomic E-state index is -4.24. The first-order valence-corrected chi connectivity index (χ1v) is 7.02. The van der Waals surface area contributed by atoms with E-state index in [-0.39, 0.29) is 12.1 Å². The van der Waals surface area contributed by atoms with Gasteiger partial charge in [-0.25, -0.2) is 0 Å². The van der Waals surface area contributed by atoms with E-state index in [2.05, 4.69) is 0 Å². The third-order valence-electron chi connectivity index (χ3n) is 1.84. The molecule has 0 saturated carbocycles. The first-order valence-electron chi connectivity index (χ1n) is 4.23. The van der Waals surface area contributed by atoms with Gasteiger partial charge in [0, 0.05) is 21.6 Å². The Morgan fingerprint density at radius 3 is 1.29 bits per heavy atom. The van der Waals surface area contributed by atoms with Gasteiger partial charge in [0.2, 0.25) is 0 Å². The smallest absolute Gasteiger partial charge is 0.171 e. The van der Waals surface area contributed by atoms with Gasteiger partial charge in [0.15, 0.2) is 0 Å². The van der Waals surface area contributed by atoms with Crippen molar-refractivity contribution in [3.8, 4) is 0 Å². The van der Waals surface area contributed by atoms with Crippen LogP contribution in [0.2, 0.25) is 18.6 Å². The molecule has 14 heavy (non-hydrogen) atoms. The highest BCUT2D eigenvalue weighted by Gasteiger charge is 2.30. The van der Waals surface area contributed by atoms with Crippen LogP contribution in [0.1, 0.15) is 12.8 Å². The Kier molecular flexibility index (Phi) is 4.97. The molecule has 0 aliphatic rings. The molecule has 0 aromatic heterocycles. The maximum Gasteiger partial charge on any atom is 0.388 e. The largest absolute Gasteiger partial charge is 0.388 e. The van der Waals surface area contributed by atoms with E-state index in [0.717, 1.165) is 0 Å². The molecule has 0 N–H and O–H groups in total. The van der Waals surface area contributed by atoms with Crippen LogP contribution in [0.5, 0.6) is 0 Å². The molecule has 0 saturated heterocycles. The van der Waals surface area contributed by atoms with Crippen LogP contribution in [-0.4, -0.2) is 21.1 Å². The van der Waals surface area contributed by atoms with Gasteiger partial charge >= 0.3 is 12.4 Å². The molecule has 0 aromatic rings. The van der Waals surface area contributed by atoms with Gasteiger partial charge in [-0.2, -0.15) is 26.3 Å². The first-order chi connectivity index (χ1) is 6.10. The van der Waals surface area contributed by atoms with Gasteiger partial charge in [0.05, 0.1) is 0 Å². The summed E-state index contributed by atoms with van der Waals surface area (Å²) in [6, 6.07) is -0.195. The van der Waals surface area contributed by atoms with Crippen molar-refractivity contribution < 1.29 is 26.3 Å². The lowest BCUT2D eigenvalue weighted by molar-refractivity contribution is -0.131. The zero-order valence-corrected chi connectivity index (χ0v) is 8.83. The molecule has 0 atom stereocenters. The predicted molar refractivity (Wildman–Crippen MR) is 44.0 cm³/mol. The third kappa shape index (κ3) is 9.88. The predicted octanol–water partition coefficient (Wildman–Crippen LogP) is 3.75. The summed E-state index contributed by atoms with van der Waals surface area (Å²) < 4.78 is 70.1. The second-order valence-electron chi connectivity index (χ2n) is 3.41. The summed E-state index contributed by atoms with van der Waals surface area (Å²) in [6.45, 7) is 1.54. The first kappa shape index (κ1) is 13.8. The van der Waals surface area contributed by atoms with Gasteiger partial charge in [0.1, 0.15) is 0 Å². The summed E-state index contributed by atoms with van der Waals surface area (Å²) in [5, 5.41) is 0. The molecule has 0 amide bonds. The Hall–Kier alpha value is -0.203. The molecule has 7 heteroatoms. The molecule has 86 valence electrons. The summed E-state index contributed by atoms with van der Waals surface area (Å²) >= 11 is 0. The van der Waals surface area contributed by atoms with Gasteiger partial charge in [-0.15, -0.1) is 0 Å². The Morgan fingerprint density at radius 2 is 1.07 bits per heavy atom. The highest BCUT2D eigenvalue weighted by Crippen LogP contribution is 2.27. The maximum absolute atomic E-state index is 11.7. The van der Waals surface area contributed by atoms with Crippen molar-refractivity contribution in [1.29, 1.82) is 0 Å². The fourth-order valence-corrected chi connectivity index (χ4v) is 2.89. The van der Waals surface area contributed by atoms with Crippen molar-refractivity contribution in [3.05, 3.63) is 0 Å². The van der Waals surface area contributed by atoms with Crippen LogP contribution in [-0.2, 0) is 0 Å². The average Bonchev–Trinajstić information content (AvgIpc) is 1.94. The van der Waals surface area contributed by atoms with E-state index < -0.39 is 34.0 Å². The molecule has 0 rings (SSSR count). The fraction of sp³-hybridized carbons (Fsp3) is 1.00. The summed E-state index contributed by atoms with van der Waals surface area (Å²) in [5.74, 6) is 0. The Balaban J connectivity index is 3.62. The maximum atomic E-state index is 11.7. The van der Waals surface area contributed by atoms with Gasteiger partial charge in [-0.3, -0.25) is 0 Å². The summed E-state index contributed by atoms with van der Waals surface area (Å²) in [6.07, 6.45) is -10.4. The standard InChI is InChI=1S/C7H12F6Si/c1-14(4-2-6(8,9)10)5-3-7(11,12)13/h14H,2-5H2,1H3. The van der Waals surface area contributed by atoms with Crippen LogP contribution in [0, 0.1) is 0 Å². The minimum absolute atomic E-state index is 0.0976. The lowest BCUT2D eigenvalue weighted by Crippen LogP contribution is -2.17. The highest BCUT2D eigenvalue weighted by molar-refractivity contribution is 6.57. The summed E-state index contributed by atoms with van der Waals surface area (Å²) in [4.78, 5) is 0. The van der Waals surface area contributed by atoms with Crippen molar-refractivity contribution in [2.24, 2.45) is 0 Å². The van der Waals surface area contributed by atoms with Crippen molar-refractivity contribution >= 4 is 8.80 Å². The van der Waals surface area contributed by atoms with Crippen molar-refractivity contribution in [2.45, 2.75) is 43.8 Å². The molecule has 0 aromatic carbocycles. The number of rotatable bonds is 4. The number of halogens is 6. The zero-order chi connectivity index (χ0) is 11.4. The van der Waals surface area contributed by atoms with Gasteiger partial charge in [-0.05, 0) is 0 Å². The molecule has 0 heterocycles. The van der Waals surface area contributed by atoms with Crippen LogP contribution < -0.4 is 0 Å². The average molecular weight is 238 g/mol. The highest BCUT2D eigenvalue weighted by atomic mass is 28.3. The van der Waals surface area contributed by atoms with Crippen molar-refractivity contribution in [3.63, 3.8) is 0 Å². The molecule has 0 unspecified atom stereocenters. The summed E-state index contributed by atoms with van der Waals surface area (Å²) in [7, 11) is -1.84. The van der Waals surface area contributed by atoms with Crippen molar-refractivity contribution in [1.82, 2.24) is 0 Å².